The molecule has 1 aromatic heterocycles. The number of alkyl halides is 2. The van der Waals surface area contributed by atoms with Crippen LogP contribution in [0.1, 0.15) is 6.92 Å². The lowest BCUT2D eigenvalue weighted by Crippen LogP contribution is -2.53. The highest BCUT2D eigenvalue weighted by Crippen LogP contribution is 2.10. The third-order valence-electron chi connectivity index (χ3n) is 2.82. The smallest absolute Gasteiger partial charge is 0.257 e. The van der Waals surface area contributed by atoms with Gasteiger partial charge in [-0.3, -0.25) is 9.48 Å². The van der Waals surface area contributed by atoms with E-state index in [9.17, 15) is 13.6 Å². The molecular weight excluding hydrogens is 258 g/mol. The number of aromatic nitrogens is 2. The highest BCUT2D eigenvalue weighted by molar-refractivity contribution is 5.95. The van der Waals surface area contributed by atoms with Crippen molar-refractivity contribution >= 4 is 11.6 Å². The number of amides is 1. The number of hydrogen-bond acceptors (Lipinski definition) is 4. The van der Waals surface area contributed by atoms with Gasteiger partial charge in [-0.1, -0.05) is 0 Å². The molecule has 0 bridgehead atoms. The first-order valence-electron chi connectivity index (χ1n) is 6.02. The van der Waals surface area contributed by atoms with Crippen molar-refractivity contribution in [1.82, 2.24) is 15.1 Å². The molecule has 6 nitrogen and oxygen atoms in total. The summed E-state index contributed by atoms with van der Waals surface area (Å²) in [7, 11) is 0. The van der Waals surface area contributed by atoms with Gasteiger partial charge in [0, 0.05) is 12.7 Å². The van der Waals surface area contributed by atoms with Crippen molar-refractivity contribution in [1.29, 1.82) is 0 Å². The third-order valence-corrected chi connectivity index (χ3v) is 2.82. The molecule has 0 spiro atoms. The number of nitrogens with zero attached hydrogens (tertiary/aromatic N) is 2. The maximum Gasteiger partial charge on any atom is 0.257 e. The van der Waals surface area contributed by atoms with E-state index in [1.807, 2.05) is 0 Å². The number of morpholine rings is 1. The topological polar surface area (TPSA) is 68.2 Å². The van der Waals surface area contributed by atoms with Crippen LogP contribution in [0.4, 0.5) is 14.5 Å². The van der Waals surface area contributed by atoms with E-state index in [0.29, 0.717) is 18.8 Å². The van der Waals surface area contributed by atoms with Crippen molar-refractivity contribution < 1.29 is 18.3 Å². The van der Waals surface area contributed by atoms with E-state index in [-0.39, 0.29) is 12.0 Å². The summed E-state index contributed by atoms with van der Waals surface area (Å²) < 4.78 is 30.8. The van der Waals surface area contributed by atoms with Crippen LogP contribution < -0.4 is 10.6 Å². The zero-order chi connectivity index (χ0) is 13.8. The highest BCUT2D eigenvalue weighted by Gasteiger charge is 2.28. The first-order valence-corrected chi connectivity index (χ1v) is 6.02. The molecule has 2 atom stereocenters. The van der Waals surface area contributed by atoms with Gasteiger partial charge in [0.1, 0.15) is 12.6 Å². The molecule has 19 heavy (non-hydrogen) atoms. The van der Waals surface area contributed by atoms with E-state index >= 15 is 0 Å². The fourth-order valence-electron chi connectivity index (χ4n) is 1.92. The van der Waals surface area contributed by atoms with Gasteiger partial charge in [-0.15, -0.1) is 0 Å². The second-order valence-electron chi connectivity index (χ2n) is 4.34. The Hall–Kier alpha value is -1.54. The highest BCUT2D eigenvalue weighted by atomic mass is 19.3. The van der Waals surface area contributed by atoms with Gasteiger partial charge in [0.15, 0.2) is 0 Å². The van der Waals surface area contributed by atoms with Crippen LogP contribution in [0.3, 0.4) is 0 Å². The molecule has 1 saturated heterocycles. The van der Waals surface area contributed by atoms with E-state index in [2.05, 4.69) is 15.7 Å². The molecular formula is C11H16F2N4O2. The SMILES string of the molecule is C[C@H]1OCCN[C@@H]1C(=O)Nc1cnn(CC(F)F)c1. The van der Waals surface area contributed by atoms with E-state index in [1.165, 1.54) is 12.4 Å². The quantitative estimate of drug-likeness (QED) is 0.837. The molecule has 0 aromatic carbocycles. The van der Waals surface area contributed by atoms with E-state index < -0.39 is 19.0 Å². The molecule has 8 heteroatoms. The van der Waals surface area contributed by atoms with Crippen molar-refractivity contribution in [2.24, 2.45) is 0 Å². The molecule has 1 aliphatic rings. The average molecular weight is 274 g/mol. The normalized spacial score (nSPS) is 23.6. The number of carbonyl (C=O) groups excluding carboxylic acids is 1. The van der Waals surface area contributed by atoms with Crippen LogP contribution in [0.5, 0.6) is 0 Å². The maximum atomic E-state index is 12.2. The minimum atomic E-state index is -2.48. The van der Waals surface area contributed by atoms with Crippen LogP contribution in [0.25, 0.3) is 0 Å². The minimum absolute atomic E-state index is 0.232. The molecule has 1 fully saturated rings. The molecule has 2 N–H and O–H groups in total. The first kappa shape index (κ1) is 13.9. The van der Waals surface area contributed by atoms with Crippen molar-refractivity contribution in [3.05, 3.63) is 12.4 Å². The molecule has 0 radical (unpaired) electrons. The van der Waals surface area contributed by atoms with Gasteiger partial charge in [-0.05, 0) is 6.92 Å². The Morgan fingerprint density at radius 2 is 2.53 bits per heavy atom. The molecule has 0 aliphatic carbocycles. The first-order chi connectivity index (χ1) is 9.06. The van der Waals surface area contributed by atoms with Gasteiger partial charge in [0.05, 0.1) is 24.6 Å². The summed E-state index contributed by atoms with van der Waals surface area (Å²) in [5, 5.41) is 9.41. The summed E-state index contributed by atoms with van der Waals surface area (Å²) in [4.78, 5) is 12.0. The fraction of sp³-hybridized carbons (Fsp3) is 0.636. The lowest BCUT2D eigenvalue weighted by Gasteiger charge is -2.29. The molecule has 2 heterocycles. The van der Waals surface area contributed by atoms with Gasteiger partial charge in [-0.25, -0.2) is 8.78 Å². The van der Waals surface area contributed by atoms with Crippen LogP contribution >= 0.6 is 0 Å². The Morgan fingerprint density at radius 3 is 3.21 bits per heavy atom. The third kappa shape index (κ3) is 3.71. The summed E-state index contributed by atoms with van der Waals surface area (Å²) in [5.41, 5.74) is 0.394. The molecule has 0 unspecified atom stereocenters. The van der Waals surface area contributed by atoms with Crippen LogP contribution in [-0.4, -0.2) is 47.4 Å². The van der Waals surface area contributed by atoms with Gasteiger partial charge >= 0.3 is 0 Å². The number of carbonyl (C=O) groups is 1. The summed E-state index contributed by atoms with van der Waals surface area (Å²) in [5.74, 6) is -0.260. The summed E-state index contributed by atoms with van der Waals surface area (Å²) in [6, 6.07) is -0.452. The average Bonchev–Trinajstić information content (AvgIpc) is 2.76. The second-order valence-corrected chi connectivity index (χ2v) is 4.34. The van der Waals surface area contributed by atoms with E-state index in [1.54, 1.807) is 6.92 Å². The van der Waals surface area contributed by atoms with Crippen molar-refractivity contribution in [2.45, 2.75) is 32.0 Å². The molecule has 106 valence electrons. The lowest BCUT2D eigenvalue weighted by atomic mass is 10.1. The minimum Gasteiger partial charge on any atom is -0.375 e. The fourth-order valence-corrected chi connectivity index (χ4v) is 1.92. The number of rotatable bonds is 4. The van der Waals surface area contributed by atoms with Gasteiger partial charge in [0.2, 0.25) is 5.91 Å². The Balaban J connectivity index is 1.92. The largest absolute Gasteiger partial charge is 0.375 e. The molecule has 1 amide bonds. The van der Waals surface area contributed by atoms with E-state index in [0.717, 1.165) is 4.68 Å². The van der Waals surface area contributed by atoms with Crippen LogP contribution in [-0.2, 0) is 16.1 Å². The number of ether oxygens (including phenoxy) is 1. The number of nitrogens with one attached hydrogen (secondary N) is 2. The van der Waals surface area contributed by atoms with Gasteiger partial charge in [-0.2, -0.15) is 5.10 Å². The number of halogens is 2. The molecule has 2 rings (SSSR count). The standard InChI is InChI=1S/C11H16F2N4O2/c1-7-10(14-2-3-19-7)11(18)16-8-4-15-17(5-8)6-9(12)13/h4-5,7,9-10,14H,2-3,6H2,1H3,(H,16,18)/t7-,10+/m1/s1. The van der Waals surface area contributed by atoms with Gasteiger partial charge in [0.25, 0.3) is 6.43 Å². The Kier molecular flexibility index (Phi) is 4.43. The number of anilines is 1. The van der Waals surface area contributed by atoms with Crippen LogP contribution in [0.2, 0.25) is 0 Å². The van der Waals surface area contributed by atoms with E-state index in [4.69, 9.17) is 4.74 Å². The molecule has 1 aliphatic heterocycles. The monoisotopic (exact) mass is 274 g/mol. The van der Waals surface area contributed by atoms with Crippen molar-refractivity contribution in [3.8, 4) is 0 Å². The number of hydrogen-bond donors (Lipinski definition) is 2. The zero-order valence-electron chi connectivity index (χ0n) is 10.5. The summed E-state index contributed by atoms with van der Waals surface area (Å²) >= 11 is 0. The Labute approximate surface area is 109 Å². The predicted octanol–water partition coefficient (Wildman–Crippen LogP) is 0.464. The van der Waals surface area contributed by atoms with Crippen LogP contribution in [0.15, 0.2) is 12.4 Å². The summed E-state index contributed by atoms with van der Waals surface area (Å²) in [6.07, 6.45) is 0.00860. The van der Waals surface area contributed by atoms with Gasteiger partial charge < -0.3 is 15.4 Å². The predicted molar refractivity (Wildman–Crippen MR) is 64.1 cm³/mol. The summed E-state index contributed by atoms with van der Waals surface area (Å²) in [6.45, 7) is 2.48. The molecule has 0 saturated carbocycles. The lowest BCUT2D eigenvalue weighted by molar-refractivity contribution is -0.123. The van der Waals surface area contributed by atoms with Crippen LogP contribution in [0, 0.1) is 0 Å². The maximum absolute atomic E-state index is 12.2. The Morgan fingerprint density at radius 1 is 1.74 bits per heavy atom. The second kappa shape index (κ2) is 6.07. The van der Waals surface area contributed by atoms with Crippen molar-refractivity contribution in [2.75, 3.05) is 18.5 Å². The Bertz CT molecular complexity index is 438. The zero-order valence-corrected chi connectivity index (χ0v) is 10.5. The molecule has 1 aromatic rings. The van der Waals surface area contributed by atoms with Crippen molar-refractivity contribution in [3.63, 3.8) is 0 Å².